The summed E-state index contributed by atoms with van der Waals surface area (Å²) in [6, 6.07) is 7.38. The third-order valence-electron chi connectivity index (χ3n) is 4.12. The maximum atomic E-state index is 13.4. The quantitative estimate of drug-likeness (QED) is 0.782. The molecule has 2 aromatic rings. The highest BCUT2D eigenvalue weighted by Crippen LogP contribution is 2.31. The number of hydrogen-bond acceptors (Lipinski definition) is 3. The van der Waals surface area contributed by atoms with Crippen LogP contribution in [0.2, 0.25) is 0 Å². The Morgan fingerprint density at radius 3 is 2.28 bits per heavy atom. The minimum absolute atomic E-state index is 0.0846. The number of carbonyl (C=O) groups excluding carboxylic acids is 1. The molecule has 29 heavy (non-hydrogen) atoms. The van der Waals surface area contributed by atoms with Gasteiger partial charge in [-0.05, 0) is 39.8 Å². The Morgan fingerprint density at radius 2 is 1.79 bits per heavy atom. The summed E-state index contributed by atoms with van der Waals surface area (Å²) in [7, 11) is 0. The van der Waals surface area contributed by atoms with Crippen molar-refractivity contribution in [1.29, 1.82) is 0 Å². The van der Waals surface area contributed by atoms with Gasteiger partial charge in [0.25, 0.3) is 5.91 Å². The number of nitrogens with zero attached hydrogens (tertiary/aromatic N) is 3. The van der Waals surface area contributed by atoms with Gasteiger partial charge in [-0.3, -0.25) is 4.79 Å². The molecule has 1 aromatic heterocycles. The van der Waals surface area contributed by atoms with Crippen LogP contribution in [0.1, 0.15) is 43.7 Å². The number of carbonyl (C=O) groups is 2. The molecule has 0 saturated carbocycles. The average molecular weight is 412 g/mol. The van der Waals surface area contributed by atoms with Gasteiger partial charge in [0.2, 0.25) is 0 Å². The van der Waals surface area contributed by atoms with E-state index in [4.69, 9.17) is 0 Å². The van der Waals surface area contributed by atoms with Crippen molar-refractivity contribution in [2.75, 3.05) is 6.54 Å². The van der Waals surface area contributed by atoms with Crippen LogP contribution < -0.4 is 5.32 Å². The predicted molar refractivity (Wildman–Crippen MR) is 100.0 cm³/mol. The van der Waals surface area contributed by atoms with Gasteiger partial charge >= 0.3 is 12.3 Å². The Kier molecular flexibility index (Phi) is 6.24. The third kappa shape index (κ3) is 5.49. The standard InChI is InChI=1S/C19H23F3N4O3/c1-12(10-25(17(28)29)18(2,3)4)23-16(27)14-11-26(13-8-6-5-7-9-13)24-15(14)19(20,21)22/h5-9,11-12H,10H2,1-4H3,(H,23,27)(H,28,29). The number of para-hydroxylation sites is 1. The van der Waals surface area contributed by atoms with Crippen molar-refractivity contribution in [2.45, 2.75) is 45.5 Å². The van der Waals surface area contributed by atoms with E-state index in [9.17, 15) is 27.9 Å². The summed E-state index contributed by atoms with van der Waals surface area (Å²) in [5.74, 6) is -0.980. The van der Waals surface area contributed by atoms with E-state index < -0.39 is 41.0 Å². The zero-order valence-electron chi connectivity index (χ0n) is 16.5. The van der Waals surface area contributed by atoms with Crippen LogP contribution >= 0.6 is 0 Å². The molecule has 0 aliphatic rings. The summed E-state index contributed by atoms with van der Waals surface area (Å²) in [6.07, 6.45) is -5.00. The molecule has 158 valence electrons. The number of carboxylic acid groups (broad SMARTS) is 1. The van der Waals surface area contributed by atoms with Crippen molar-refractivity contribution in [3.05, 3.63) is 47.8 Å². The van der Waals surface area contributed by atoms with Gasteiger partial charge < -0.3 is 15.3 Å². The van der Waals surface area contributed by atoms with Crippen LogP contribution in [0.5, 0.6) is 0 Å². The fraction of sp³-hybridized carbons (Fsp3) is 0.421. The van der Waals surface area contributed by atoms with Crippen molar-refractivity contribution >= 4 is 12.0 Å². The summed E-state index contributed by atoms with van der Waals surface area (Å²) in [5, 5.41) is 15.3. The third-order valence-corrected chi connectivity index (χ3v) is 4.12. The predicted octanol–water partition coefficient (Wildman–Crippen LogP) is 3.79. The molecule has 10 heteroatoms. The SMILES string of the molecule is CC(CN(C(=O)O)C(C)(C)C)NC(=O)c1cn(-c2ccccc2)nc1C(F)(F)F. The zero-order valence-corrected chi connectivity index (χ0v) is 16.5. The molecular formula is C19H23F3N4O3. The maximum Gasteiger partial charge on any atom is 0.435 e. The van der Waals surface area contributed by atoms with Gasteiger partial charge in [0.15, 0.2) is 5.69 Å². The van der Waals surface area contributed by atoms with E-state index in [0.29, 0.717) is 5.69 Å². The fourth-order valence-electron chi connectivity index (χ4n) is 2.72. The molecule has 0 aliphatic carbocycles. The van der Waals surface area contributed by atoms with Crippen molar-refractivity contribution in [3.63, 3.8) is 0 Å². The first kappa shape index (κ1) is 22.3. The van der Waals surface area contributed by atoms with Crippen LogP contribution in [0, 0.1) is 0 Å². The molecule has 2 N–H and O–H groups in total. The number of benzene rings is 1. The maximum absolute atomic E-state index is 13.4. The van der Waals surface area contributed by atoms with E-state index in [1.807, 2.05) is 0 Å². The number of alkyl halides is 3. The summed E-state index contributed by atoms with van der Waals surface area (Å²) in [4.78, 5) is 25.1. The van der Waals surface area contributed by atoms with Crippen LogP contribution in [0.3, 0.4) is 0 Å². The Balaban J connectivity index is 2.28. The van der Waals surface area contributed by atoms with E-state index in [1.54, 1.807) is 51.1 Å². The molecule has 7 nitrogen and oxygen atoms in total. The molecule has 0 aliphatic heterocycles. The second-order valence-electron chi connectivity index (χ2n) is 7.61. The molecule has 0 saturated heterocycles. The summed E-state index contributed by atoms with van der Waals surface area (Å²) >= 11 is 0. The van der Waals surface area contributed by atoms with Crippen LogP contribution in [0.15, 0.2) is 36.5 Å². The molecule has 2 rings (SSSR count). The van der Waals surface area contributed by atoms with Gasteiger partial charge in [-0.15, -0.1) is 0 Å². The highest BCUT2D eigenvalue weighted by atomic mass is 19.4. The Bertz CT molecular complexity index is 873. The molecule has 0 fully saturated rings. The molecule has 1 heterocycles. The smallest absolute Gasteiger partial charge is 0.435 e. The van der Waals surface area contributed by atoms with E-state index in [0.717, 1.165) is 15.8 Å². The number of nitrogens with one attached hydrogen (secondary N) is 1. The van der Waals surface area contributed by atoms with Crippen molar-refractivity contribution < 1.29 is 27.9 Å². The van der Waals surface area contributed by atoms with E-state index >= 15 is 0 Å². The second-order valence-corrected chi connectivity index (χ2v) is 7.61. The minimum atomic E-state index is -4.82. The first-order valence-corrected chi connectivity index (χ1v) is 8.84. The number of amides is 2. The molecule has 0 bridgehead atoms. The van der Waals surface area contributed by atoms with Gasteiger partial charge in [-0.25, -0.2) is 9.48 Å². The topological polar surface area (TPSA) is 87.5 Å². The lowest BCUT2D eigenvalue weighted by molar-refractivity contribution is -0.141. The highest BCUT2D eigenvalue weighted by Gasteiger charge is 2.39. The molecule has 1 atom stereocenters. The van der Waals surface area contributed by atoms with E-state index in [-0.39, 0.29) is 6.54 Å². The molecule has 0 radical (unpaired) electrons. The van der Waals surface area contributed by atoms with Gasteiger partial charge in [-0.1, -0.05) is 18.2 Å². The average Bonchev–Trinajstić information content (AvgIpc) is 3.05. The van der Waals surface area contributed by atoms with E-state index in [2.05, 4.69) is 10.4 Å². The van der Waals surface area contributed by atoms with Gasteiger partial charge in [0.05, 0.1) is 11.3 Å². The van der Waals surface area contributed by atoms with Gasteiger partial charge in [0.1, 0.15) is 0 Å². The molecule has 2 amide bonds. The highest BCUT2D eigenvalue weighted by molar-refractivity contribution is 5.95. The number of hydrogen-bond donors (Lipinski definition) is 2. The summed E-state index contributed by atoms with van der Waals surface area (Å²) in [5.41, 5.74) is -2.31. The van der Waals surface area contributed by atoms with Gasteiger partial charge in [0, 0.05) is 24.3 Å². The summed E-state index contributed by atoms with van der Waals surface area (Å²) < 4.78 is 41.2. The second kappa shape index (κ2) is 8.14. The number of halogens is 3. The Hall–Kier alpha value is -3.04. The number of rotatable bonds is 5. The lowest BCUT2D eigenvalue weighted by atomic mass is 10.1. The minimum Gasteiger partial charge on any atom is -0.465 e. The molecule has 1 unspecified atom stereocenters. The van der Waals surface area contributed by atoms with E-state index in [1.165, 1.54) is 6.92 Å². The Morgan fingerprint density at radius 1 is 1.21 bits per heavy atom. The van der Waals surface area contributed by atoms with Crippen LogP contribution in [-0.2, 0) is 6.18 Å². The van der Waals surface area contributed by atoms with Crippen molar-refractivity contribution in [2.24, 2.45) is 0 Å². The van der Waals surface area contributed by atoms with Gasteiger partial charge in [-0.2, -0.15) is 18.3 Å². The molecular weight excluding hydrogens is 389 g/mol. The Labute approximate surface area is 166 Å². The van der Waals surface area contributed by atoms with Crippen LogP contribution in [0.4, 0.5) is 18.0 Å². The first-order valence-electron chi connectivity index (χ1n) is 8.84. The lowest BCUT2D eigenvalue weighted by Gasteiger charge is -2.35. The largest absolute Gasteiger partial charge is 0.465 e. The van der Waals surface area contributed by atoms with Crippen molar-refractivity contribution in [1.82, 2.24) is 20.0 Å². The molecule has 0 spiro atoms. The van der Waals surface area contributed by atoms with Crippen LogP contribution in [0.25, 0.3) is 5.69 Å². The monoisotopic (exact) mass is 412 g/mol. The molecule has 1 aromatic carbocycles. The summed E-state index contributed by atoms with van der Waals surface area (Å²) in [6.45, 7) is 6.48. The normalized spacial score (nSPS) is 13.1. The zero-order chi connectivity index (χ0) is 22.0. The van der Waals surface area contributed by atoms with Crippen LogP contribution in [-0.4, -0.2) is 49.9 Å². The number of aromatic nitrogens is 2. The fourth-order valence-corrected chi connectivity index (χ4v) is 2.72. The first-order chi connectivity index (χ1) is 13.3. The lowest BCUT2D eigenvalue weighted by Crippen LogP contribution is -2.51. The van der Waals surface area contributed by atoms with Crippen molar-refractivity contribution in [3.8, 4) is 5.69 Å².